The molecule has 0 heterocycles. The van der Waals surface area contributed by atoms with E-state index in [-0.39, 0.29) is 11.0 Å². The number of hydrogen-bond donors (Lipinski definition) is 3. The molecule has 2 amide bonds. The van der Waals surface area contributed by atoms with Crippen LogP contribution in [0.15, 0.2) is 46.9 Å². The highest BCUT2D eigenvalue weighted by molar-refractivity contribution is 9.10. The normalized spacial score (nSPS) is 10.1. The summed E-state index contributed by atoms with van der Waals surface area (Å²) >= 11 is 8.46. The van der Waals surface area contributed by atoms with Crippen LogP contribution in [0.1, 0.15) is 46.0 Å². The summed E-state index contributed by atoms with van der Waals surface area (Å²) in [6.45, 7) is 4.65. The van der Waals surface area contributed by atoms with Gasteiger partial charge in [0.05, 0.1) is 11.1 Å². The maximum atomic E-state index is 12.3. The fourth-order valence-electron chi connectivity index (χ4n) is 2.18. The summed E-state index contributed by atoms with van der Waals surface area (Å²) in [6, 6.07) is 12.1. The van der Waals surface area contributed by atoms with Crippen LogP contribution in [0.25, 0.3) is 0 Å². The van der Waals surface area contributed by atoms with E-state index < -0.39 is 5.91 Å². The molecule has 0 aliphatic carbocycles. The van der Waals surface area contributed by atoms with Crippen molar-refractivity contribution in [3.63, 3.8) is 0 Å². The minimum Gasteiger partial charge on any atom is -0.492 e. The van der Waals surface area contributed by atoms with Crippen molar-refractivity contribution < 1.29 is 14.3 Å². The van der Waals surface area contributed by atoms with Gasteiger partial charge in [-0.05, 0) is 71.8 Å². The number of carbonyl (C=O) groups excluding carboxylic acids is 2. The largest absolute Gasteiger partial charge is 0.492 e. The summed E-state index contributed by atoms with van der Waals surface area (Å²) in [5, 5.41) is 2.51. The maximum absolute atomic E-state index is 12.3. The molecule has 0 saturated heterocycles. The van der Waals surface area contributed by atoms with Crippen molar-refractivity contribution in [3.05, 3.63) is 63.6 Å². The van der Waals surface area contributed by atoms with Gasteiger partial charge >= 0.3 is 0 Å². The molecule has 0 bridgehead atoms. The van der Waals surface area contributed by atoms with Gasteiger partial charge in [0.2, 0.25) is 0 Å². The number of halogens is 1. The van der Waals surface area contributed by atoms with Crippen molar-refractivity contribution in [1.29, 1.82) is 0 Å². The highest BCUT2D eigenvalue weighted by atomic mass is 79.9. The topological polar surface area (TPSA) is 79.5 Å². The van der Waals surface area contributed by atoms with Crippen LogP contribution in [0.4, 0.5) is 0 Å². The average Bonchev–Trinajstić information content (AvgIpc) is 2.68. The molecule has 0 fully saturated rings. The predicted molar refractivity (Wildman–Crippen MR) is 116 cm³/mol. The molecule has 0 atom stereocenters. The Hall–Kier alpha value is -2.45. The molecule has 0 radical (unpaired) electrons. The minimum atomic E-state index is -0.400. The zero-order valence-electron chi connectivity index (χ0n) is 15.7. The van der Waals surface area contributed by atoms with E-state index in [2.05, 4.69) is 39.0 Å². The molecular formula is C20H22BrN3O3S. The summed E-state index contributed by atoms with van der Waals surface area (Å²) < 4.78 is 6.33. The van der Waals surface area contributed by atoms with Crippen LogP contribution >= 0.6 is 28.1 Å². The quantitative estimate of drug-likeness (QED) is 0.344. The zero-order valence-corrected chi connectivity index (χ0v) is 18.1. The van der Waals surface area contributed by atoms with Crippen molar-refractivity contribution >= 4 is 45.1 Å². The van der Waals surface area contributed by atoms with Crippen LogP contribution in [0, 0.1) is 6.92 Å². The van der Waals surface area contributed by atoms with Gasteiger partial charge in [-0.1, -0.05) is 31.0 Å². The van der Waals surface area contributed by atoms with Gasteiger partial charge in [0.25, 0.3) is 11.8 Å². The first-order valence-corrected chi connectivity index (χ1v) is 10.0. The van der Waals surface area contributed by atoms with Crippen molar-refractivity contribution in [3.8, 4) is 5.75 Å². The van der Waals surface area contributed by atoms with E-state index >= 15 is 0 Å². The maximum Gasteiger partial charge on any atom is 0.269 e. The van der Waals surface area contributed by atoms with E-state index in [0.29, 0.717) is 28.0 Å². The number of nitrogens with one attached hydrogen (secondary N) is 3. The molecule has 2 aromatic rings. The Balaban J connectivity index is 1.86. The molecule has 0 aliphatic rings. The number of hydrazine groups is 1. The molecule has 2 aromatic carbocycles. The molecule has 8 heteroatoms. The van der Waals surface area contributed by atoms with E-state index in [0.717, 1.165) is 18.4 Å². The lowest BCUT2D eigenvalue weighted by Gasteiger charge is -2.12. The number of rotatable bonds is 6. The van der Waals surface area contributed by atoms with Crippen LogP contribution in [-0.4, -0.2) is 23.5 Å². The smallest absolute Gasteiger partial charge is 0.269 e. The molecular weight excluding hydrogens is 442 g/mol. The first-order chi connectivity index (χ1) is 13.4. The lowest BCUT2D eigenvalue weighted by Crippen LogP contribution is -2.48. The number of carbonyl (C=O) groups is 2. The van der Waals surface area contributed by atoms with Gasteiger partial charge in [-0.2, -0.15) is 0 Å². The van der Waals surface area contributed by atoms with Gasteiger partial charge in [0, 0.05) is 11.1 Å². The zero-order chi connectivity index (χ0) is 20.5. The van der Waals surface area contributed by atoms with E-state index in [1.54, 1.807) is 30.3 Å². The first kappa shape index (κ1) is 21.8. The van der Waals surface area contributed by atoms with Gasteiger partial charge < -0.3 is 4.74 Å². The third kappa shape index (κ3) is 6.61. The van der Waals surface area contributed by atoms with Gasteiger partial charge in [0.15, 0.2) is 5.11 Å². The van der Waals surface area contributed by atoms with E-state index in [1.165, 1.54) is 0 Å². The molecule has 0 spiro atoms. The Bertz CT molecular complexity index is 856. The van der Waals surface area contributed by atoms with E-state index in [4.69, 9.17) is 17.0 Å². The number of unbranched alkanes of at least 4 members (excludes halogenated alkanes) is 1. The Kier molecular flexibility index (Phi) is 8.41. The van der Waals surface area contributed by atoms with Crippen LogP contribution in [0.2, 0.25) is 0 Å². The third-order valence-electron chi connectivity index (χ3n) is 3.78. The number of hydrogen-bond acceptors (Lipinski definition) is 4. The van der Waals surface area contributed by atoms with Crippen LogP contribution in [-0.2, 0) is 0 Å². The molecule has 0 aliphatic heterocycles. The van der Waals surface area contributed by atoms with Crippen LogP contribution < -0.4 is 20.9 Å². The molecule has 3 N–H and O–H groups in total. The lowest BCUT2D eigenvalue weighted by molar-refractivity contribution is 0.0934. The monoisotopic (exact) mass is 463 g/mol. The Morgan fingerprint density at radius 1 is 1.04 bits per heavy atom. The summed E-state index contributed by atoms with van der Waals surface area (Å²) in [7, 11) is 0. The summed E-state index contributed by atoms with van der Waals surface area (Å²) in [5.41, 5.74) is 6.91. The molecule has 28 heavy (non-hydrogen) atoms. The Morgan fingerprint density at radius 2 is 1.71 bits per heavy atom. The molecule has 0 unspecified atom stereocenters. The first-order valence-electron chi connectivity index (χ1n) is 8.81. The number of aryl methyl sites for hydroxylation is 1. The molecule has 6 nitrogen and oxygen atoms in total. The standard InChI is InChI=1S/C20H22BrN3O3S/c1-3-4-11-27-17-10-9-15(12-16(17)21)18(25)22-20(28)24-23-19(26)14-7-5-13(2)6-8-14/h5-10,12H,3-4,11H2,1-2H3,(H,23,26)(H2,22,24,25,28). The summed E-state index contributed by atoms with van der Waals surface area (Å²) in [4.78, 5) is 24.4. The molecule has 0 aromatic heterocycles. The van der Waals surface area contributed by atoms with E-state index in [1.807, 2.05) is 19.1 Å². The minimum absolute atomic E-state index is 0.00939. The third-order valence-corrected chi connectivity index (χ3v) is 4.60. The van der Waals surface area contributed by atoms with E-state index in [9.17, 15) is 9.59 Å². The molecule has 2 rings (SSSR count). The van der Waals surface area contributed by atoms with Crippen molar-refractivity contribution in [2.75, 3.05) is 6.61 Å². The predicted octanol–water partition coefficient (Wildman–Crippen LogP) is 3.89. The summed E-state index contributed by atoms with van der Waals surface area (Å²) in [6.07, 6.45) is 2.01. The fourth-order valence-corrected chi connectivity index (χ4v) is 2.82. The Morgan fingerprint density at radius 3 is 2.36 bits per heavy atom. The van der Waals surface area contributed by atoms with Crippen LogP contribution in [0.3, 0.4) is 0 Å². The second-order valence-corrected chi connectivity index (χ2v) is 7.34. The number of ether oxygens (including phenoxy) is 1. The van der Waals surface area contributed by atoms with Gasteiger partial charge in [-0.3, -0.25) is 25.8 Å². The average molecular weight is 464 g/mol. The Labute approximate surface area is 178 Å². The fraction of sp³-hybridized carbons (Fsp3) is 0.250. The second kappa shape index (κ2) is 10.8. The molecule has 0 saturated carbocycles. The highest BCUT2D eigenvalue weighted by Gasteiger charge is 2.12. The van der Waals surface area contributed by atoms with Gasteiger partial charge in [-0.15, -0.1) is 0 Å². The van der Waals surface area contributed by atoms with Crippen LogP contribution in [0.5, 0.6) is 5.75 Å². The van der Waals surface area contributed by atoms with Gasteiger partial charge in [0.1, 0.15) is 5.75 Å². The second-order valence-electron chi connectivity index (χ2n) is 6.08. The summed E-state index contributed by atoms with van der Waals surface area (Å²) in [5.74, 6) is -0.0770. The van der Waals surface area contributed by atoms with Crippen molar-refractivity contribution in [1.82, 2.24) is 16.2 Å². The highest BCUT2D eigenvalue weighted by Crippen LogP contribution is 2.26. The number of amides is 2. The van der Waals surface area contributed by atoms with Crippen molar-refractivity contribution in [2.24, 2.45) is 0 Å². The number of thiocarbonyl (C=S) groups is 1. The molecule has 148 valence electrons. The lowest BCUT2D eigenvalue weighted by atomic mass is 10.1. The SMILES string of the molecule is CCCCOc1ccc(C(=O)NC(=S)NNC(=O)c2ccc(C)cc2)cc1Br. The number of benzene rings is 2. The van der Waals surface area contributed by atoms with Crippen molar-refractivity contribution in [2.45, 2.75) is 26.7 Å². The van der Waals surface area contributed by atoms with Gasteiger partial charge in [-0.25, -0.2) is 0 Å².